The zero-order chi connectivity index (χ0) is 18.4. The minimum atomic E-state index is -0.369. The van der Waals surface area contributed by atoms with Crippen molar-refractivity contribution in [1.82, 2.24) is 0 Å². The number of carbonyl (C=O) groups excluding carboxylic acids is 1. The Morgan fingerprint density at radius 1 is 1.16 bits per heavy atom. The molecule has 0 unspecified atom stereocenters. The number of nitriles is 1. The molecule has 0 heterocycles. The van der Waals surface area contributed by atoms with Crippen LogP contribution in [-0.4, -0.2) is 26.7 Å². The molecule has 1 amide bonds. The molecule has 0 aliphatic rings. The molecular weight excluding hydrogens is 344 g/mol. The minimum Gasteiger partial charge on any atom is -0.495 e. The lowest BCUT2D eigenvalue weighted by molar-refractivity contribution is -0.118. The maximum Gasteiger partial charge on any atom is 0.262 e. The fourth-order valence-electron chi connectivity index (χ4n) is 2.12. The molecule has 0 bridgehead atoms. The fourth-order valence-corrected chi connectivity index (χ4v) is 2.27. The van der Waals surface area contributed by atoms with Crippen LogP contribution in [0.1, 0.15) is 11.1 Å². The molecule has 2 aromatic carbocycles. The SMILES string of the molecule is COc1cc(Cl)c(C)cc1NC(=O)COc1ccc(C#N)cc1OC. The van der Waals surface area contributed by atoms with Crippen molar-refractivity contribution in [2.75, 3.05) is 26.1 Å². The number of rotatable bonds is 6. The van der Waals surface area contributed by atoms with Crippen LogP contribution >= 0.6 is 11.6 Å². The minimum absolute atomic E-state index is 0.229. The Morgan fingerprint density at radius 2 is 1.88 bits per heavy atom. The van der Waals surface area contributed by atoms with Crippen molar-refractivity contribution in [3.05, 3.63) is 46.5 Å². The van der Waals surface area contributed by atoms with Gasteiger partial charge in [-0.25, -0.2) is 0 Å². The molecule has 2 aromatic rings. The third kappa shape index (κ3) is 4.55. The van der Waals surface area contributed by atoms with Crippen LogP contribution < -0.4 is 19.5 Å². The van der Waals surface area contributed by atoms with Crippen LogP contribution in [0.2, 0.25) is 5.02 Å². The van der Waals surface area contributed by atoms with Crippen LogP contribution in [0, 0.1) is 18.3 Å². The molecular formula is C18H17ClN2O4. The molecule has 0 aliphatic carbocycles. The van der Waals surface area contributed by atoms with E-state index >= 15 is 0 Å². The molecule has 7 heteroatoms. The molecule has 0 atom stereocenters. The van der Waals surface area contributed by atoms with Crippen molar-refractivity contribution in [1.29, 1.82) is 5.26 Å². The molecule has 0 saturated carbocycles. The largest absolute Gasteiger partial charge is 0.495 e. The molecule has 6 nitrogen and oxygen atoms in total. The second-order valence-corrected chi connectivity index (χ2v) is 5.52. The lowest BCUT2D eigenvalue weighted by Crippen LogP contribution is -2.20. The first-order chi connectivity index (χ1) is 12.0. The van der Waals surface area contributed by atoms with E-state index in [-0.39, 0.29) is 12.5 Å². The predicted molar refractivity (Wildman–Crippen MR) is 94.6 cm³/mol. The van der Waals surface area contributed by atoms with Gasteiger partial charge in [-0.1, -0.05) is 11.6 Å². The van der Waals surface area contributed by atoms with Gasteiger partial charge in [0.05, 0.1) is 31.5 Å². The van der Waals surface area contributed by atoms with Crippen molar-refractivity contribution < 1.29 is 19.0 Å². The van der Waals surface area contributed by atoms with E-state index in [0.29, 0.717) is 33.5 Å². The number of carbonyl (C=O) groups is 1. The summed E-state index contributed by atoms with van der Waals surface area (Å²) in [4.78, 5) is 12.2. The van der Waals surface area contributed by atoms with Gasteiger partial charge in [-0.05, 0) is 30.7 Å². The highest BCUT2D eigenvalue weighted by molar-refractivity contribution is 6.31. The summed E-state index contributed by atoms with van der Waals surface area (Å²) in [6.07, 6.45) is 0. The van der Waals surface area contributed by atoms with E-state index in [9.17, 15) is 4.79 Å². The monoisotopic (exact) mass is 360 g/mol. The molecule has 0 fully saturated rings. The van der Waals surface area contributed by atoms with E-state index in [4.69, 9.17) is 31.1 Å². The summed E-state index contributed by atoms with van der Waals surface area (Å²) in [6.45, 7) is 1.60. The van der Waals surface area contributed by atoms with Crippen LogP contribution in [0.3, 0.4) is 0 Å². The number of nitrogens with zero attached hydrogens (tertiary/aromatic N) is 1. The Kier molecular flexibility index (Phi) is 6.09. The average molecular weight is 361 g/mol. The van der Waals surface area contributed by atoms with E-state index in [1.165, 1.54) is 14.2 Å². The van der Waals surface area contributed by atoms with Gasteiger partial charge in [0.2, 0.25) is 0 Å². The van der Waals surface area contributed by atoms with Gasteiger partial charge in [0, 0.05) is 17.2 Å². The van der Waals surface area contributed by atoms with Gasteiger partial charge in [0.1, 0.15) is 5.75 Å². The number of aryl methyl sites for hydroxylation is 1. The number of benzene rings is 2. The summed E-state index contributed by atoms with van der Waals surface area (Å²) < 4.78 is 15.9. The van der Waals surface area contributed by atoms with Crippen molar-refractivity contribution in [3.63, 3.8) is 0 Å². The molecule has 0 aliphatic heterocycles. The number of halogens is 1. The number of nitrogens with one attached hydrogen (secondary N) is 1. The van der Waals surface area contributed by atoms with Gasteiger partial charge in [-0.3, -0.25) is 4.79 Å². The lowest BCUT2D eigenvalue weighted by Gasteiger charge is -2.13. The van der Waals surface area contributed by atoms with Crippen molar-refractivity contribution in [3.8, 4) is 23.3 Å². The van der Waals surface area contributed by atoms with E-state index in [2.05, 4.69) is 5.32 Å². The third-order valence-electron chi connectivity index (χ3n) is 3.41. The number of ether oxygens (including phenoxy) is 3. The maximum absolute atomic E-state index is 12.2. The molecule has 0 radical (unpaired) electrons. The molecule has 1 N–H and O–H groups in total. The zero-order valence-electron chi connectivity index (χ0n) is 14.1. The van der Waals surface area contributed by atoms with Gasteiger partial charge in [0.25, 0.3) is 5.91 Å². The zero-order valence-corrected chi connectivity index (χ0v) is 14.8. The molecule has 130 valence electrons. The summed E-state index contributed by atoms with van der Waals surface area (Å²) in [5, 5.41) is 12.2. The summed E-state index contributed by atoms with van der Waals surface area (Å²) in [5.41, 5.74) is 1.76. The number of hydrogen-bond acceptors (Lipinski definition) is 5. The topological polar surface area (TPSA) is 80.6 Å². The van der Waals surface area contributed by atoms with Crippen molar-refractivity contribution in [2.24, 2.45) is 0 Å². The number of anilines is 1. The van der Waals surface area contributed by atoms with Crippen molar-refractivity contribution >= 4 is 23.2 Å². The van der Waals surface area contributed by atoms with Crippen LogP contribution in [0.25, 0.3) is 0 Å². The molecule has 2 rings (SSSR count). The first-order valence-electron chi connectivity index (χ1n) is 7.33. The predicted octanol–water partition coefficient (Wildman–Crippen LogP) is 3.55. The van der Waals surface area contributed by atoms with Gasteiger partial charge in [-0.2, -0.15) is 5.26 Å². The highest BCUT2D eigenvalue weighted by Gasteiger charge is 2.12. The van der Waals surface area contributed by atoms with Crippen LogP contribution in [-0.2, 0) is 4.79 Å². The number of amides is 1. The molecule has 0 spiro atoms. The summed E-state index contributed by atoms with van der Waals surface area (Å²) in [5.74, 6) is 0.842. The van der Waals surface area contributed by atoms with E-state index in [0.717, 1.165) is 5.56 Å². The van der Waals surface area contributed by atoms with Gasteiger partial charge < -0.3 is 19.5 Å². The quantitative estimate of drug-likeness (QED) is 0.851. The van der Waals surface area contributed by atoms with Crippen LogP contribution in [0.4, 0.5) is 5.69 Å². The van der Waals surface area contributed by atoms with E-state index in [1.807, 2.05) is 13.0 Å². The Hall–Kier alpha value is -2.91. The molecule has 25 heavy (non-hydrogen) atoms. The second kappa shape index (κ2) is 8.27. The fraction of sp³-hybridized carbons (Fsp3) is 0.222. The van der Waals surface area contributed by atoms with Crippen LogP contribution in [0.5, 0.6) is 17.2 Å². The first kappa shape index (κ1) is 18.4. The van der Waals surface area contributed by atoms with Gasteiger partial charge in [0.15, 0.2) is 18.1 Å². The Balaban J connectivity index is 2.07. The highest BCUT2D eigenvalue weighted by Crippen LogP contribution is 2.31. The second-order valence-electron chi connectivity index (χ2n) is 5.12. The Bertz CT molecular complexity index is 831. The first-order valence-corrected chi connectivity index (χ1v) is 7.71. The summed E-state index contributed by atoms with van der Waals surface area (Å²) in [7, 11) is 2.96. The Morgan fingerprint density at radius 3 is 2.52 bits per heavy atom. The smallest absolute Gasteiger partial charge is 0.262 e. The normalized spacial score (nSPS) is 9.88. The van der Waals surface area contributed by atoms with Gasteiger partial charge >= 0.3 is 0 Å². The number of methoxy groups -OCH3 is 2. The van der Waals surface area contributed by atoms with E-state index < -0.39 is 0 Å². The third-order valence-corrected chi connectivity index (χ3v) is 3.81. The maximum atomic E-state index is 12.2. The number of hydrogen-bond donors (Lipinski definition) is 1. The molecule has 0 aromatic heterocycles. The lowest BCUT2D eigenvalue weighted by atomic mass is 10.2. The van der Waals surface area contributed by atoms with Gasteiger partial charge in [-0.15, -0.1) is 0 Å². The standard InChI is InChI=1S/C18H17ClN2O4/c1-11-6-14(16(23-2)8-13(11)19)21-18(22)10-25-15-5-4-12(9-20)7-17(15)24-3/h4-8H,10H2,1-3H3,(H,21,22). The average Bonchev–Trinajstić information content (AvgIpc) is 2.62. The Labute approximate surface area is 150 Å². The van der Waals surface area contributed by atoms with E-state index in [1.54, 1.807) is 30.3 Å². The van der Waals surface area contributed by atoms with Crippen LogP contribution in [0.15, 0.2) is 30.3 Å². The molecule has 0 saturated heterocycles. The summed E-state index contributed by atoms with van der Waals surface area (Å²) in [6, 6.07) is 10.1. The summed E-state index contributed by atoms with van der Waals surface area (Å²) >= 11 is 6.05. The highest BCUT2D eigenvalue weighted by atomic mass is 35.5. The van der Waals surface area contributed by atoms with Crippen molar-refractivity contribution in [2.45, 2.75) is 6.92 Å².